The Balaban J connectivity index is 1.04. The van der Waals surface area contributed by atoms with E-state index in [0.717, 1.165) is 33.4 Å². The van der Waals surface area contributed by atoms with E-state index >= 15 is 0 Å². The van der Waals surface area contributed by atoms with E-state index in [9.17, 15) is 14.4 Å². The molecule has 11 rings (SSSR count). The van der Waals surface area contributed by atoms with Crippen molar-refractivity contribution >= 4 is 29.5 Å². The van der Waals surface area contributed by atoms with Crippen molar-refractivity contribution in [1.82, 2.24) is 0 Å². The number of rotatable bonds is 31. The van der Waals surface area contributed by atoms with Crippen LogP contribution in [-0.4, -0.2) is 136 Å². The minimum atomic E-state index is -1.67. The Morgan fingerprint density at radius 3 is 1.02 bits per heavy atom. The van der Waals surface area contributed by atoms with Gasteiger partial charge in [-0.1, -0.05) is 218 Å². The third kappa shape index (κ3) is 19.2. The number of ether oxygens (including phenoxy) is 15. The summed E-state index contributed by atoms with van der Waals surface area (Å²) in [6.07, 6.45) is -18.6. The Labute approximate surface area is 564 Å². The van der Waals surface area contributed by atoms with Crippen molar-refractivity contribution in [1.29, 1.82) is 0 Å². The zero-order chi connectivity index (χ0) is 66.3. The molecule has 8 aromatic rings. The minimum absolute atomic E-state index is 0.000783. The largest absolute Gasteiger partial charge is 0.455 e. The number of carbonyl (C=O) groups excluding carboxylic acids is 3. The van der Waals surface area contributed by atoms with Crippen LogP contribution in [0.25, 0.3) is 0 Å². The minimum Gasteiger partial charge on any atom is -0.455 e. The Hall–Kier alpha value is -8.02. The van der Waals surface area contributed by atoms with Crippen molar-refractivity contribution in [2.75, 3.05) is 26.2 Å². The van der Waals surface area contributed by atoms with Gasteiger partial charge in [0.2, 0.25) is 0 Å². The first-order valence-electron chi connectivity index (χ1n) is 32.1. The summed E-state index contributed by atoms with van der Waals surface area (Å²) in [7, 11) is 1.55. The topological polar surface area (TPSA) is 190 Å². The lowest BCUT2D eigenvalue weighted by atomic mass is 9.95. The number of esters is 3. The van der Waals surface area contributed by atoms with Crippen molar-refractivity contribution in [2.24, 2.45) is 0 Å². The summed E-state index contributed by atoms with van der Waals surface area (Å²) in [5, 5.41) is 0. The molecule has 3 aliphatic rings. The summed E-state index contributed by atoms with van der Waals surface area (Å²) in [5.74, 6) is -3.07. The number of hydrogen-bond acceptors (Lipinski definition) is 18. The molecule has 0 N–H and O–H groups in total. The quantitative estimate of drug-likeness (QED) is 0.0226. The molecule has 0 unspecified atom stereocenters. The van der Waals surface area contributed by atoms with Gasteiger partial charge in [0.1, 0.15) is 54.7 Å². The van der Waals surface area contributed by atoms with E-state index < -0.39 is 116 Å². The summed E-state index contributed by atoms with van der Waals surface area (Å²) < 4.78 is 103. The van der Waals surface area contributed by atoms with E-state index in [1.54, 1.807) is 74.7 Å². The van der Waals surface area contributed by atoms with Gasteiger partial charge >= 0.3 is 17.9 Å². The maximum atomic E-state index is 14.6. The van der Waals surface area contributed by atoms with E-state index in [0.29, 0.717) is 0 Å². The predicted octanol–water partition coefficient (Wildman–Crippen LogP) is 12.0. The first kappa shape index (κ1) is 69.3. The van der Waals surface area contributed by atoms with Gasteiger partial charge in [0.25, 0.3) is 0 Å². The van der Waals surface area contributed by atoms with E-state index in [2.05, 4.69) is 0 Å². The van der Waals surface area contributed by atoms with Crippen LogP contribution < -0.4 is 0 Å². The van der Waals surface area contributed by atoms with Gasteiger partial charge in [-0.3, -0.25) is 4.79 Å². The second kappa shape index (κ2) is 35.8. The van der Waals surface area contributed by atoms with Gasteiger partial charge in [-0.2, -0.15) is 0 Å². The highest BCUT2D eigenvalue weighted by Crippen LogP contribution is 2.39. The highest BCUT2D eigenvalue weighted by atomic mass is 35.5. The van der Waals surface area contributed by atoms with Gasteiger partial charge in [0, 0.05) is 7.11 Å². The van der Waals surface area contributed by atoms with Crippen LogP contribution in [0.5, 0.6) is 0 Å². The summed E-state index contributed by atoms with van der Waals surface area (Å²) in [6, 6.07) is 74.6. The van der Waals surface area contributed by atoms with Gasteiger partial charge < -0.3 is 71.1 Å². The molecule has 0 spiro atoms. The number of alkyl halides is 1. The Kier molecular flexibility index (Phi) is 25.9. The number of carbonyl (C=O) groups is 3. The van der Waals surface area contributed by atoms with E-state index in [1.807, 2.05) is 182 Å². The number of halogens is 1. The molecule has 19 heteroatoms. The normalized spacial score (nSPS) is 25.7. The summed E-state index contributed by atoms with van der Waals surface area (Å²) in [4.78, 5) is 42.4. The smallest absolute Gasteiger partial charge is 0.338 e. The fourth-order valence-corrected chi connectivity index (χ4v) is 11.8. The predicted molar refractivity (Wildman–Crippen MR) is 353 cm³/mol. The number of benzene rings is 8. The lowest BCUT2D eigenvalue weighted by Crippen LogP contribution is -2.68. The average Bonchev–Trinajstić information content (AvgIpc) is 0.799. The Bertz CT molecular complexity index is 3570. The van der Waals surface area contributed by atoms with E-state index in [4.69, 9.17) is 82.7 Å². The van der Waals surface area contributed by atoms with Crippen LogP contribution >= 0.6 is 11.6 Å². The van der Waals surface area contributed by atoms with Crippen LogP contribution in [0.1, 0.15) is 61.0 Å². The summed E-state index contributed by atoms with van der Waals surface area (Å²) in [6.45, 7) is 2.08. The summed E-state index contributed by atoms with van der Waals surface area (Å²) in [5.41, 5.74) is 5.48. The third-order valence-corrected chi connectivity index (χ3v) is 16.8. The maximum Gasteiger partial charge on any atom is 0.338 e. The first-order valence-corrected chi connectivity index (χ1v) is 32.6. The lowest BCUT2D eigenvalue weighted by molar-refractivity contribution is -0.389. The van der Waals surface area contributed by atoms with Crippen LogP contribution in [0.2, 0.25) is 0 Å². The van der Waals surface area contributed by atoms with Crippen molar-refractivity contribution in [3.63, 3.8) is 0 Å². The Morgan fingerprint density at radius 1 is 0.344 bits per heavy atom. The molecule has 18 nitrogen and oxygen atoms in total. The first-order chi connectivity index (χ1) is 47.2. The van der Waals surface area contributed by atoms with Crippen LogP contribution in [0.15, 0.2) is 243 Å². The zero-order valence-corrected chi connectivity index (χ0v) is 54.1. The molecular formula is C77H79ClO18. The third-order valence-electron chi connectivity index (χ3n) is 16.5. The average molecular weight is 1330 g/mol. The van der Waals surface area contributed by atoms with E-state index in [1.165, 1.54) is 0 Å². The van der Waals surface area contributed by atoms with Gasteiger partial charge in [-0.15, -0.1) is 11.6 Å². The SMILES string of the molecule is CO[C@@H]1O[C@H](COCc2ccccc2)[C@@H](O[C@@H]2O[C@H](COCc3ccccc3)[C@@H](O[C@@H]3O[C@H](C)[C@H](OC(=O)CCl)[C@H](OC(=O)c4ccccc4)[C@H]3OC(=O)c3ccccc3)[C@H](OCc3ccccc3)[C@H]2OCc2ccccc2)[C@H](OCc2ccccc2)[C@H]1OCc1ccccc1. The number of methoxy groups -OCH3 is 1. The van der Waals surface area contributed by atoms with Crippen LogP contribution in [0, 0.1) is 0 Å². The second-order valence-electron chi connectivity index (χ2n) is 23.3. The van der Waals surface area contributed by atoms with E-state index in [-0.39, 0.29) is 64.0 Å². The molecule has 0 saturated carbocycles. The molecule has 3 saturated heterocycles. The highest BCUT2D eigenvalue weighted by Gasteiger charge is 2.58. The lowest BCUT2D eigenvalue weighted by Gasteiger charge is -2.51. The Morgan fingerprint density at radius 2 is 0.656 bits per heavy atom. The van der Waals surface area contributed by atoms with Gasteiger partial charge in [-0.05, 0) is 64.6 Å². The van der Waals surface area contributed by atoms with Gasteiger partial charge in [0.05, 0.1) is 70.1 Å². The highest BCUT2D eigenvalue weighted by molar-refractivity contribution is 6.26. The van der Waals surface area contributed by atoms with Crippen molar-refractivity contribution in [2.45, 2.75) is 139 Å². The molecule has 0 bridgehead atoms. The molecule has 0 amide bonds. The van der Waals surface area contributed by atoms with Crippen molar-refractivity contribution in [3.8, 4) is 0 Å². The molecular weight excluding hydrogens is 1250 g/mol. The van der Waals surface area contributed by atoms with Crippen LogP contribution in [0.3, 0.4) is 0 Å². The van der Waals surface area contributed by atoms with Crippen LogP contribution in [-0.2, 0) is 115 Å². The molecule has 0 radical (unpaired) electrons. The van der Waals surface area contributed by atoms with Crippen molar-refractivity contribution < 1.29 is 85.4 Å². The van der Waals surface area contributed by atoms with Gasteiger partial charge in [0.15, 0.2) is 37.2 Å². The molecule has 96 heavy (non-hydrogen) atoms. The second-order valence-corrected chi connectivity index (χ2v) is 23.6. The molecule has 3 fully saturated rings. The molecule has 3 heterocycles. The molecule has 8 aromatic carbocycles. The summed E-state index contributed by atoms with van der Waals surface area (Å²) >= 11 is 6.10. The molecule has 502 valence electrons. The molecule has 15 atom stereocenters. The van der Waals surface area contributed by atoms with Crippen LogP contribution in [0.4, 0.5) is 0 Å². The standard InChI is InChI=1S/C77H79ClO18/c1-52-64(92-63(79)43-78)69(93-73(80)59-39-23-9-24-40-59)72(94-74(81)60-41-25-10-26-42-60)77(89-52)96-66-62(51-84-45-54-29-13-4-14-30-54)91-76(71(88-49-58-37-21-8-22-38-58)68(66)86-47-56-33-17-6-18-34-56)95-65-61(50-83-44-53-27-11-3-12-28-53)90-75(82-2)70(87-48-57-35-19-7-20-36-57)67(65)85-46-55-31-15-5-16-32-55/h3-42,52,61-62,64-72,75-77H,43-51H2,1-2H3/t52-,61-,62-,64+,65-,66-,67+,68+,69+,70-,71-,72-,75-,76+,77+/m1/s1. The fourth-order valence-electron chi connectivity index (χ4n) is 11.7. The van der Waals surface area contributed by atoms with Gasteiger partial charge in [-0.25, -0.2) is 9.59 Å². The molecule has 3 aliphatic heterocycles. The number of hydrogen-bond donors (Lipinski definition) is 0. The zero-order valence-electron chi connectivity index (χ0n) is 53.3. The maximum absolute atomic E-state index is 14.6. The monoisotopic (exact) mass is 1330 g/mol. The fraction of sp³-hybridized carbons (Fsp3) is 0.338. The molecule has 0 aromatic heterocycles. The van der Waals surface area contributed by atoms with Crippen molar-refractivity contribution in [3.05, 3.63) is 287 Å². The molecule has 0 aliphatic carbocycles.